The number of nitrogens with one attached hydrogen (secondary N) is 1. The van der Waals surface area contributed by atoms with E-state index in [9.17, 15) is 22.0 Å². The Morgan fingerprint density at radius 1 is 1.30 bits per heavy atom. The Morgan fingerprint density at radius 2 is 1.95 bits per heavy atom. The van der Waals surface area contributed by atoms with Crippen LogP contribution in [0.25, 0.3) is 0 Å². The van der Waals surface area contributed by atoms with E-state index in [4.69, 9.17) is 5.73 Å². The molecular weight excluding hydrogens is 358 g/mol. The Hall–Kier alpha value is -1.06. The summed E-state index contributed by atoms with van der Waals surface area (Å²) in [6.45, 7) is 0.0267. The van der Waals surface area contributed by atoms with Crippen LogP contribution >= 0.6 is 15.9 Å². The molecule has 0 heterocycles. The van der Waals surface area contributed by atoms with Crippen molar-refractivity contribution in [1.82, 2.24) is 4.72 Å². The second-order valence-electron chi connectivity index (χ2n) is 4.02. The number of amides is 1. The van der Waals surface area contributed by atoms with Gasteiger partial charge >= 0.3 is 0 Å². The lowest BCUT2D eigenvalue weighted by Crippen LogP contribution is -2.26. The van der Waals surface area contributed by atoms with Crippen LogP contribution in [0.5, 0.6) is 0 Å². The molecule has 0 saturated carbocycles. The predicted molar refractivity (Wildman–Crippen MR) is 72.3 cm³/mol. The highest BCUT2D eigenvalue weighted by atomic mass is 79.9. The molecule has 0 spiro atoms. The van der Waals surface area contributed by atoms with Gasteiger partial charge in [0.25, 0.3) is 0 Å². The number of carbonyl (C=O) groups excluding carboxylic acids is 1. The van der Waals surface area contributed by atoms with Crippen LogP contribution in [0.1, 0.15) is 19.3 Å². The number of hydrogen-bond acceptors (Lipinski definition) is 3. The van der Waals surface area contributed by atoms with Crippen LogP contribution in [0, 0.1) is 11.6 Å². The Labute approximate surface area is 123 Å². The van der Waals surface area contributed by atoms with Crippen LogP contribution in [0.2, 0.25) is 0 Å². The summed E-state index contributed by atoms with van der Waals surface area (Å²) in [5, 5.41) is 0. The lowest BCUT2D eigenvalue weighted by Gasteiger charge is -2.09. The zero-order valence-corrected chi connectivity index (χ0v) is 12.7. The van der Waals surface area contributed by atoms with Crippen molar-refractivity contribution in [2.45, 2.75) is 24.2 Å². The van der Waals surface area contributed by atoms with E-state index in [-0.39, 0.29) is 17.4 Å². The third-order valence-corrected chi connectivity index (χ3v) is 4.80. The van der Waals surface area contributed by atoms with Crippen molar-refractivity contribution < 1.29 is 22.0 Å². The molecule has 0 radical (unpaired) electrons. The molecule has 1 amide bonds. The molecule has 5 nitrogen and oxygen atoms in total. The van der Waals surface area contributed by atoms with Crippen LogP contribution in [-0.4, -0.2) is 20.9 Å². The largest absolute Gasteiger partial charge is 0.370 e. The highest BCUT2D eigenvalue weighted by Gasteiger charge is 2.23. The van der Waals surface area contributed by atoms with Crippen molar-refractivity contribution in [2.24, 2.45) is 5.73 Å². The normalized spacial score (nSPS) is 11.6. The first-order valence-corrected chi connectivity index (χ1v) is 7.94. The summed E-state index contributed by atoms with van der Waals surface area (Å²) in [4.78, 5) is 9.85. The third-order valence-electron chi connectivity index (χ3n) is 2.37. The minimum absolute atomic E-state index is 0.0267. The number of rotatable bonds is 7. The molecular formula is C11H13BrF2N2O3S. The highest BCUT2D eigenvalue weighted by Crippen LogP contribution is 2.26. The van der Waals surface area contributed by atoms with Crippen molar-refractivity contribution in [3.63, 3.8) is 0 Å². The standard InChI is InChI=1S/C11H13BrF2N2O3S/c12-8-5-7(13)6-9(14)11(8)20(18,19)16-4-2-1-3-10(15)17/h5-6,16H,1-4H2,(H2,15,17). The van der Waals surface area contributed by atoms with Gasteiger partial charge in [-0.05, 0) is 34.8 Å². The van der Waals surface area contributed by atoms with Gasteiger partial charge < -0.3 is 5.73 Å². The smallest absolute Gasteiger partial charge is 0.244 e. The number of carbonyl (C=O) groups is 1. The van der Waals surface area contributed by atoms with E-state index in [2.05, 4.69) is 20.7 Å². The quantitative estimate of drug-likeness (QED) is 0.715. The molecule has 112 valence electrons. The number of unbranched alkanes of at least 4 members (excludes halogenated alkanes) is 1. The number of nitrogens with two attached hydrogens (primary N) is 1. The van der Waals surface area contributed by atoms with E-state index in [0.717, 1.165) is 6.07 Å². The summed E-state index contributed by atoms with van der Waals surface area (Å²) in [6.07, 6.45) is 0.948. The highest BCUT2D eigenvalue weighted by molar-refractivity contribution is 9.10. The summed E-state index contributed by atoms with van der Waals surface area (Å²) in [5.74, 6) is -2.53. The first kappa shape index (κ1) is 17.0. The van der Waals surface area contributed by atoms with Crippen LogP contribution in [0.3, 0.4) is 0 Å². The Bertz CT molecular complexity index is 585. The van der Waals surface area contributed by atoms with Gasteiger partial charge in [0.1, 0.15) is 16.5 Å². The topological polar surface area (TPSA) is 89.3 Å². The van der Waals surface area contributed by atoms with Crippen LogP contribution in [0.4, 0.5) is 8.78 Å². The first-order valence-electron chi connectivity index (χ1n) is 5.66. The van der Waals surface area contributed by atoms with E-state index in [1.807, 2.05) is 0 Å². The Morgan fingerprint density at radius 3 is 2.50 bits per heavy atom. The van der Waals surface area contributed by atoms with Crippen molar-refractivity contribution in [2.75, 3.05) is 6.54 Å². The molecule has 0 aromatic heterocycles. The fourth-order valence-electron chi connectivity index (χ4n) is 1.49. The van der Waals surface area contributed by atoms with Crippen molar-refractivity contribution in [3.05, 3.63) is 28.2 Å². The fraction of sp³-hybridized carbons (Fsp3) is 0.364. The second-order valence-corrected chi connectivity index (χ2v) is 6.58. The lowest BCUT2D eigenvalue weighted by atomic mass is 10.2. The van der Waals surface area contributed by atoms with Gasteiger partial charge in [-0.3, -0.25) is 4.79 Å². The lowest BCUT2D eigenvalue weighted by molar-refractivity contribution is -0.118. The number of primary amides is 1. The van der Waals surface area contributed by atoms with E-state index < -0.39 is 32.5 Å². The third kappa shape index (κ3) is 4.80. The number of halogens is 3. The van der Waals surface area contributed by atoms with Crippen molar-refractivity contribution in [1.29, 1.82) is 0 Å². The van der Waals surface area contributed by atoms with Gasteiger partial charge in [-0.25, -0.2) is 21.9 Å². The number of hydrogen-bond donors (Lipinski definition) is 2. The molecule has 0 saturated heterocycles. The van der Waals surface area contributed by atoms with E-state index in [1.165, 1.54) is 0 Å². The summed E-state index contributed by atoms with van der Waals surface area (Å²) < 4.78 is 52.2. The zero-order valence-electron chi connectivity index (χ0n) is 10.3. The average Bonchev–Trinajstić information content (AvgIpc) is 2.25. The van der Waals surface area contributed by atoms with Crippen LogP contribution in [0.15, 0.2) is 21.5 Å². The number of sulfonamides is 1. The van der Waals surface area contributed by atoms with Crippen molar-refractivity contribution >= 4 is 31.9 Å². The van der Waals surface area contributed by atoms with Gasteiger partial charge in [-0.15, -0.1) is 0 Å². The summed E-state index contributed by atoms with van der Waals surface area (Å²) in [5.41, 5.74) is 4.94. The molecule has 0 atom stereocenters. The van der Waals surface area contributed by atoms with Gasteiger partial charge in [-0.1, -0.05) is 0 Å². The number of benzene rings is 1. The molecule has 0 bridgehead atoms. The van der Waals surface area contributed by atoms with Gasteiger partial charge in [-0.2, -0.15) is 0 Å². The van der Waals surface area contributed by atoms with Crippen LogP contribution in [-0.2, 0) is 14.8 Å². The van der Waals surface area contributed by atoms with Gasteiger partial charge in [0.15, 0.2) is 0 Å². The molecule has 0 unspecified atom stereocenters. The Kier molecular flexibility index (Phi) is 6.03. The predicted octanol–water partition coefficient (Wildman–Crippen LogP) is 1.66. The average molecular weight is 371 g/mol. The van der Waals surface area contributed by atoms with E-state index in [1.54, 1.807) is 0 Å². The molecule has 3 N–H and O–H groups in total. The van der Waals surface area contributed by atoms with E-state index >= 15 is 0 Å². The maximum Gasteiger partial charge on any atom is 0.244 e. The molecule has 1 aromatic rings. The molecule has 1 aromatic carbocycles. The molecule has 0 aliphatic rings. The van der Waals surface area contributed by atoms with Crippen LogP contribution < -0.4 is 10.5 Å². The molecule has 0 aliphatic carbocycles. The minimum atomic E-state index is -4.09. The maximum absolute atomic E-state index is 13.5. The Balaban J connectivity index is 2.73. The minimum Gasteiger partial charge on any atom is -0.370 e. The molecule has 20 heavy (non-hydrogen) atoms. The summed E-state index contributed by atoms with van der Waals surface area (Å²) >= 11 is 2.82. The van der Waals surface area contributed by atoms with Gasteiger partial charge in [0, 0.05) is 23.5 Å². The summed E-state index contributed by atoms with van der Waals surface area (Å²) in [7, 11) is -4.09. The molecule has 0 fully saturated rings. The van der Waals surface area contributed by atoms with Gasteiger partial charge in [0.05, 0.1) is 0 Å². The van der Waals surface area contributed by atoms with Gasteiger partial charge in [0.2, 0.25) is 15.9 Å². The second kappa shape index (κ2) is 7.09. The van der Waals surface area contributed by atoms with Crippen molar-refractivity contribution in [3.8, 4) is 0 Å². The molecule has 0 aliphatic heterocycles. The monoisotopic (exact) mass is 370 g/mol. The fourth-order valence-corrected chi connectivity index (χ4v) is 3.72. The maximum atomic E-state index is 13.5. The SMILES string of the molecule is NC(=O)CCCCNS(=O)(=O)c1c(F)cc(F)cc1Br. The molecule has 1 rings (SSSR count). The zero-order chi connectivity index (χ0) is 15.3. The van der Waals surface area contributed by atoms with E-state index in [0.29, 0.717) is 18.9 Å². The first-order chi connectivity index (χ1) is 9.24. The summed E-state index contributed by atoms with van der Waals surface area (Å²) in [6, 6.07) is 1.36. The molecule has 9 heteroatoms.